The minimum Gasteiger partial charge on any atom is -0.480 e. The van der Waals surface area contributed by atoms with Crippen LogP contribution in [-0.4, -0.2) is 34.6 Å². The van der Waals surface area contributed by atoms with E-state index in [2.05, 4.69) is 0 Å². The van der Waals surface area contributed by atoms with Crippen LogP contribution in [-0.2, 0) is 20.8 Å². The summed E-state index contributed by atoms with van der Waals surface area (Å²) in [6.45, 7) is -0.734. The number of amides is 2. The van der Waals surface area contributed by atoms with Crippen molar-refractivity contribution in [1.29, 1.82) is 0 Å². The Morgan fingerprint density at radius 2 is 1.95 bits per heavy atom. The molecular weight excluding hydrogens is 264 g/mol. The van der Waals surface area contributed by atoms with Gasteiger partial charge >= 0.3 is 5.97 Å². The summed E-state index contributed by atoms with van der Waals surface area (Å²) in [7, 11) is 0. The molecule has 1 aromatic rings. The molecule has 1 rings (SSSR count). The first-order chi connectivity index (χ1) is 10.3. The van der Waals surface area contributed by atoms with E-state index in [4.69, 9.17) is 13.1 Å². The normalized spacial score (nSPS) is 16.1. The third-order valence-corrected chi connectivity index (χ3v) is 2.31. The Labute approximate surface area is 118 Å². The van der Waals surface area contributed by atoms with Crippen molar-refractivity contribution in [2.45, 2.75) is 12.8 Å². The van der Waals surface area contributed by atoms with E-state index < -0.39 is 43.0 Å². The number of rotatable bonds is 7. The lowest BCUT2D eigenvalue weighted by Crippen LogP contribution is -2.37. The fourth-order valence-corrected chi connectivity index (χ4v) is 1.43. The third-order valence-electron chi connectivity index (χ3n) is 2.31. The molecule has 0 spiro atoms. The standard InChI is InChI=1S/C13H16N2O5/c16-11(15-20)7-10(13(19)14-8-12(17)18)6-9-4-2-1-3-5-9/h1-5,10,20H,6-8H2,(H,14,19)(H,15,16)(H,17,18)/i6T,10T. The highest BCUT2D eigenvalue weighted by Gasteiger charge is 2.22. The lowest BCUT2D eigenvalue weighted by molar-refractivity contribution is -0.139. The van der Waals surface area contributed by atoms with Gasteiger partial charge in [0.2, 0.25) is 11.8 Å². The van der Waals surface area contributed by atoms with Crippen LogP contribution in [0.3, 0.4) is 0 Å². The highest BCUT2D eigenvalue weighted by atomic mass is 16.5. The van der Waals surface area contributed by atoms with Crippen LogP contribution >= 0.6 is 0 Å². The van der Waals surface area contributed by atoms with Gasteiger partial charge in [0, 0.05) is 9.16 Å². The highest BCUT2D eigenvalue weighted by Crippen LogP contribution is 2.12. The fraction of sp³-hybridized carbons (Fsp3) is 0.308. The number of hydrogen-bond acceptors (Lipinski definition) is 4. The predicted octanol–water partition coefficient (Wildman–Crippen LogP) is -0.0584. The van der Waals surface area contributed by atoms with E-state index in [1.807, 2.05) is 5.32 Å². The lowest BCUT2D eigenvalue weighted by atomic mass is 9.95. The average Bonchev–Trinajstić information content (AvgIpc) is 2.52. The number of nitrogens with one attached hydrogen (secondary N) is 2. The van der Waals surface area contributed by atoms with Crippen molar-refractivity contribution < 1.29 is 27.4 Å². The van der Waals surface area contributed by atoms with E-state index in [9.17, 15) is 14.4 Å². The van der Waals surface area contributed by atoms with Crippen molar-refractivity contribution in [3.8, 4) is 0 Å². The number of aliphatic carboxylic acids is 1. The molecule has 4 N–H and O–H groups in total. The number of hydroxylamine groups is 1. The number of carbonyl (C=O) groups is 3. The van der Waals surface area contributed by atoms with Gasteiger partial charge in [0.1, 0.15) is 6.54 Å². The largest absolute Gasteiger partial charge is 0.480 e. The smallest absolute Gasteiger partial charge is 0.322 e. The summed E-state index contributed by atoms with van der Waals surface area (Å²) < 4.78 is 16.3. The second kappa shape index (κ2) is 7.90. The maximum absolute atomic E-state index is 12.1. The molecule has 1 aromatic carbocycles. The van der Waals surface area contributed by atoms with Gasteiger partial charge in [-0.3, -0.25) is 19.6 Å². The van der Waals surface area contributed by atoms with Gasteiger partial charge in [0.05, 0.1) is 5.89 Å². The summed E-state index contributed by atoms with van der Waals surface area (Å²) in [6, 6.07) is 7.94. The number of benzene rings is 1. The van der Waals surface area contributed by atoms with Crippen LogP contribution in [0.4, 0.5) is 0 Å². The van der Waals surface area contributed by atoms with Gasteiger partial charge < -0.3 is 10.4 Å². The Bertz CT molecular complexity index is 555. The molecule has 0 bridgehead atoms. The molecule has 0 saturated carbocycles. The monoisotopic (exact) mass is 284 g/mol. The minimum atomic E-state index is -2.29. The maximum Gasteiger partial charge on any atom is 0.322 e. The second-order valence-corrected chi connectivity index (χ2v) is 3.87. The summed E-state index contributed by atoms with van der Waals surface area (Å²) in [4.78, 5) is 33.9. The van der Waals surface area contributed by atoms with Gasteiger partial charge in [-0.1, -0.05) is 30.3 Å². The van der Waals surface area contributed by atoms with Crippen LogP contribution in [0.5, 0.6) is 0 Å². The van der Waals surface area contributed by atoms with Crippen molar-refractivity contribution >= 4 is 17.8 Å². The molecule has 2 amide bonds. The van der Waals surface area contributed by atoms with Gasteiger partial charge in [-0.2, -0.15) is 0 Å². The minimum absolute atomic E-state index is 0.314. The average molecular weight is 284 g/mol. The van der Waals surface area contributed by atoms with Crippen molar-refractivity contribution in [1.82, 2.24) is 10.8 Å². The second-order valence-electron chi connectivity index (χ2n) is 3.87. The van der Waals surface area contributed by atoms with Crippen molar-refractivity contribution in [3.05, 3.63) is 35.9 Å². The van der Waals surface area contributed by atoms with Gasteiger partial charge in [-0.25, -0.2) is 5.48 Å². The van der Waals surface area contributed by atoms with Crippen molar-refractivity contribution in [2.75, 3.05) is 6.54 Å². The number of carboxylic acids is 1. The zero-order chi connectivity index (χ0) is 16.8. The number of hydrogen-bond donors (Lipinski definition) is 4. The molecule has 0 radical (unpaired) electrons. The zero-order valence-electron chi connectivity index (χ0n) is 12.5. The van der Waals surface area contributed by atoms with Crippen LogP contribution in [0.2, 0.25) is 0 Å². The Morgan fingerprint density at radius 3 is 2.50 bits per heavy atom. The first kappa shape index (κ1) is 12.6. The summed E-state index contributed by atoms with van der Waals surface area (Å²) in [5.74, 6) is -5.71. The molecular formula is C13H16N2O5. The molecule has 2 atom stereocenters. The number of carbonyl (C=O) groups excluding carboxylic acids is 2. The summed E-state index contributed by atoms with van der Waals surface area (Å²) in [5.41, 5.74) is 1.62. The Morgan fingerprint density at radius 1 is 1.30 bits per heavy atom. The topological polar surface area (TPSA) is 116 Å². The highest BCUT2D eigenvalue weighted by molar-refractivity contribution is 5.87. The van der Waals surface area contributed by atoms with Crippen LogP contribution in [0.25, 0.3) is 0 Å². The third kappa shape index (κ3) is 5.49. The quantitative estimate of drug-likeness (QED) is 0.413. The van der Waals surface area contributed by atoms with Crippen molar-refractivity contribution in [2.24, 2.45) is 5.89 Å². The Hall–Kier alpha value is -2.41. The summed E-state index contributed by atoms with van der Waals surface area (Å²) in [5, 5.41) is 19.1. The molecule has 0 aliphatic heterocycles. The van der Waals surface area contributed by atoms with E-state index in [0.29, 0.717) is 5.56 Å². The first-order valence-corrected chi connectivity index (χ1v) is 5.71. The molecule has 20 heavy (non-hydrogen) atoms. The molecule has 2 unspecified atom stereocenters. The van der Waals surface area contributed by atoms with Crippen LogP contribution in [0.1, 0.15) is 14.7 Å². The molecule has 7 nitrogen and oxygen atoms in total. The molecule has 0 aliphatic carbocycles. The van der Waals surface area contributed by atoms with Gasteiger partial charge in [-0.15, -0.1) is 0 Å². The first-order valence-electron chi connectivity index (χ1n) is 6.79. The molecule has 108 valence electrons. The van der Waals surface area contributed by atoms with Crippen LogP contribution in [0.15, 0.2) is 30.3 Å². The Balaban J connectivity index is 3.07. The predicted molar refractivity (Wildman–Crippen MR) is 68.8 cm³/mol. The molecule has 7 heteroatoms. The lowest BCUT2D eigenvalue weighted by Gasteiger charge is -2.15. The molecule has 0 aliphatic rings. The summed E-state index contributed by atoms with van der Waals surface area (Å²) in [6.07, 6.45) is -2.24. The van der Waals surface area contributed by atoms with Gasteiger partial charge in [0.25, 0.3) is 0 Å². The van der Waals surface area contributed by atoms with Gasteiger partial charge in [-0.05, 0) is 12.0 Å². The van der Waals surface area contributed by atoms with E-state index in [0.717, 1.165) is 0 Å². The SMILES string of the molecule is [3H]C(c1ccccc1)C([3H])(CC(=O)NO)C(=O)NCC(=O)O. The van der Waals surface area contributed by atoms with E-state index in [1.165, 1.54) is 17.6 Å². The molecule has 0 heterocycles. The number of carboxylic acid groups (broad SMARTS) is 1. The Kier molecular flexibility index (Phi) is 4.98. The van der Waals surface area contributed by atoms with Gasteiger partial charge in [0.15, 0.2) is 0 Å². The van der Waals surface area contributed by atoms with Crippen LogP contribution < -0.4 is 10.8 Å². The maximum atomic E-state index is 12.1. The molecule has 0 aromatic heterocycles. The van der Waals surface area contributed by atoms with E-state index in [1.54, 1.807) is 18.2 Å². The van der Waals surface area contributed by atoms with E-state index in [-0.39, 0.29) is 0 Å². The fourth-order valence-electron chi connectivity index (χ4n) is 1.43. The molecule has 0 fully saturated rings. The molecule has 0 saturated heterocycles. The van der Waals surface area contributed by atoms with E-state index >= 15 is 0 Å². The van der Waals surface area contributed by atoms with Crippen LogP contribution in [0, 0.1) is 5.89 Å². The zero-order valence-corrected chi connectivity index (χ0v) is 10.5. The van der Waals surface area contributed by atoms with Crippen molar-refractivity contribution in [3.63, 3.8) is 0 Å². The summed E-state index contributed by atoms with van der Waals surface area (Å²) >= 11 is 0.